The highest BCUT2D eigenvalue weighted by molar-refractivity contribution is 5.74. The molecule has 2 aromatic heterocycles. The molecule has 6 rings (SSSR count). The maximum atomic E-state index is 13.1. The van der Waals surface area contributed by atoms with Gasteiger partial charge in [0.05, 0.1) is 35.3 Å². The Morgan fingerprint density at radius 1 is 0.649 bits per heavy atom. The van der Waals surface area contributed by atoms with Crippen molar-refractivity contribution in [3.05, 3.63) is 132 Å². The molecule has 37 heavy (non-hydrogen) atoms. The molecule has 0 atom stereocenters. The Bertz CT molecular complexity index is 1680. The van der Waals surface area contributed by atoms with Crippen LogP contribution in [0.4, 0.5) is 0 Å². The highest BCUT2D eigenvalue weighted by atomic mass is 16.5. The molecular weight excluding hydrogens is 464 g/mol. The summed E-state index contributed by atoms with van der Waals surface area (Å²) in [6.07, 6.45) is 5.35. The molecule has 0 fully saturated rings. The molecule has 0 spiro atoms. The third-order valence-corrected chi connectivity index (χ3v) is 6.11. The Morgan fingerprint density at radius 2 is 1.24 bits per heavy atom. The molecule has 6 aromatic rings. The third-order valence-electron chi connectivity index (χ3n) is 6.11. The van der Waals surface area contributed by atoms with Crippen molar-refractivity contribution in [2.45, 2.75) is 6.54 Å². The van der Waals surface area contributed by atoms with Gasteiger partial charge in [0, 0.05) is 12.4 Å². The molecule has 0 aliphatic rings. The lowest BCUT2D eigenvalue weighted by Crippen LogP contribution is -2.21. The van der Waals surface area contributed by atoms with Crippen molar-refractivity contribution < 1.29 is 9.47 Å². The molecule has 0 aliphatic heterocycles. The highest BCUT2D eigenvalue weighted by Crippen LogP contribution is 2.22. The van der Waals surface area contributed by atoms with E-state index in [0.29, 0.717) is 18.9 Å². The maximum Gasteiger partial charge on any atom is 0.337 e. The SMILES string of the molecule is O=c1n(-c2ccc(OCCn3cnc4ccccc43)cc2)ccn1-c1ccc(Oc2ccccc2)cc1. The largest absolute Gasteiger partial charge is 0.492 e. The summed E-state index contributed by atoms with van der Waals surface area (Å²) < 4.78 is 17.1. The average molecular weight is 489 g/mol. The number of hydrogen-bond donors (Lipinski definition) is 0. The monoisotopic (exact) mass is 488 g/mol. The second kappa shape index (κ2) is 9.91. The van der Waals surface area contributed by atoms with E-state index in [1.165, 1.54) is 0 Å². The van der Waals surface area contributed by atoms with Crippen molar-refractivity contribution in [2.75, 3.05) is 6.61 Å². The Kier molecular flexibility index (Phi) is 6.01. The molecule has 0 aliphatic carbocycles. The fourth-order valence-corrected chi connectivity index (χ4v) is 4.22. The van der Waals surface area contributed by atoms with Gasteiger partial charge in [-0.05, 0) is 72.8 Å². The van der Waals surface area contributed by atoms with Gasteiger partial charge in [-0.25, -0.2) is 9.78 Å². The number of para-hydroxylation sites is 3. The van der Waals surface area contributed by atoms with Crippen molar-refractivity contribution >= 4 is 11.0 Å². The van der Waals surface area contributed by atoms with Crippen LogP contribution in [0.1, 0.15) is 0 Å². The normalized spacial score (nSPS) is 11.0. The first-order valence-corrected chi connectivity index (χ1v) is 12.0. The van der Waals surface area contributed by atoms with Crippen molar-refractivity contribution in [1.82, 2.24) is 18.7 Å². The van der Waals surface area contributed by atoms with Crippen LogP contribution in [-0.2, 0) is 6.54 Å². The molecule has 0 saturated carbocycles. The van der Waals surface area contributed by atoms with E-state index >= 15 is 0 Å². The van der Waals surface area contributed by atoms with Gasteiger partial charge in [0.15, 0.2) is 0 Å². The van der Waals surface area contributed by atoms with Gasteiger partial charge in [-0.2, -0.15) is 0 Å². The first-order valence-electron chi connectivity index (χ1n) is 12.0. The summed E-state index contributed by atoms with van der Waals surface area (Å²) in [6.45, 7) is 1.21. The minimum absolute atomic E-state index is 0.155. The van der Waals surface area contributed by atoms with Crippen LogP contribution in [-0.4, -0.2) is 25.3 Å². The summed E-state index contributed by atoms with van der Waals surface area (Å²) in [7, 11) is 0. The molecule has 0 unspecified atom stereocenters. The molecule has 182 valence electrons. The first-order chi connectivity index (χ1) is 18.2. The van der Waals surface area contributed by atoms with E-state index in [2.05, 4.69) is 9.55 Å². The lowest BCUT2D eigenvalue weighted by atomic mass is 10.3. The minimum atomic E-state index is -0.155. The summed E-state index contributed by atoms with van der Waals surface area (Å²) in [6, 6.07) is 32.6. The quantitative estimate of drug-likeness (QED) is 0.270. The number of imidazole rings is 2. The molecule has 7 nitrogen and oxygen atoms in total. The van der Waals surface area contributed by atoms with E-state index in [4.69, 9.17) is 9.47 Å². The van der Waals surface area contributed by atoms with Gasteiger partial charge >= 0.3 is 5.69 Å². The third kappa shape index (κ3) is 4.75. The van der Waals surface area contributed by atoms with Gasteiger partial charge in [-0.3, -0.25) is 9.13 Å². The van der Waals surface area contributed by atoms with Crippen LogP contribution in [0.25, 0.3) is 22.4 Å². The zero-order chi connectivity index (χ0) is 25.0. The van der Waals surface area contributed by atoms with E-state index in [1.54, 1.807) is 21.5 Å². The van der Waals surface area contributed by atoms with Gasteiger partial charge in [0.25, 0.3) is 0 Å². The van der Waals surface area contributed by atoms with Gasteiger partial charge in [-0.1, -0.05) is 30.3 Å². The molecule has 0 saturated heterocycles. The van der Waals surface area contributed by atoms with Crippen LogP contribution < -0.4 is 15.2 Å². The van der Waals surface area contributed by atoms with Gasteiger partial charge in [-0.15, -0.1) is 0 Å². The summed E-state index contributed by atoms with van der Waals surface area (Å²) in [5.41, 5.74) is 3.43. The maximum absolute atomic E-state index is 13.1. The van der Waals surface area contributed by atoms with E-state index in [0.717, 1.165) is 33.9 Å². The predicted octanol–water partition coefficient (Wildman–Crippen LogP) is 5.85. The second-order valence-corrected chi connectivity index (χ2v) is 8.50. The molecule has 2 heterocycles. The van der Waals surface area contributed by atoms with Gasteiger partial charge in [0.2, 0.25) is 0 Å². The summed E-state index contributed by atoms with van der Waals surface area (Å²) in [5, 5.41) is 0. The lowest BCUT2D eigenvalue weighted by Gasteiger charge is -2.09. The van der Waals surface area contributed by atoms with Crippen molar-refractivity contribution in [2.24, 2.45) is 0 Å². The molecule has 7 heteroatoms. The summed E-state index contributed by atoms with van der Waals surface area (Å²) >= 11 is 0. The van der Waals surface area contributed by atoms with Crippen molar-refractivity contribution in [3.63, 3.8) is 0 Å². The van der Waals surface area contributed by atoms with Crippen LogP contribution in [0.5, 0.6) is 17.2 Å². The predicted molar refractivity (Wildman–Crippen MR) is 143 cm³/mol. The zero-order valence-corrected chi connectivity index (χ0v) is 20.0. The lowest BCUT2D eigenvalue weighted by molar-refractivity contribution is 0.300. The first kappa shape index (κ1) is 22.4. The smallest absolute Gasteiger partial charge is 0.337 e. The minimum Gasteiger partial charge on any atom is -0.492 e. The second-order valence-electron chi connectivity index (χ2n) is 8.50. The van der Waals surface area contributed by atoms with E-state index < -0.39 is 0 Å². The standard InChI is InChI=1S/C30H24N4O3/c35-30-33(18-19-34(30)24-12-16-27(17-13-24)37-26-6-2-1-3-7-26)23-10-14-25(15-11-23)36-21-20-32-22-31-28-8-4-5-9-29(28)32/h1-19,22H,20-21H2. The number of rotatable bonds is 8. The van der Waals surface area contributed by atoms with Crippen LogP contribution in [0.2, 0.25) is 0 Å². The number of nitrogens with zero attached hydrogens (tertiary/aromatic N) is 4. The van der Waals surface area contributed by atoms with E-state index in [-0.39, 0.29) is 5.69 Å². The topological polar surface area (TPSA) is 63.2 Å². The number of benzene rings is 4. The van der Waals surface area contributed by atoms with Crippen molar-refractivity contribution in [1.29, 1.82) is 0 Å². The fourth-order valence-electron chi connectivity index (χ4n) is 4.22. The van der Waals surface area contributed by atoms with Crippen LogP contribution >= 0.6 is 0 Å². The Hall–Kier alpha value is -5.04. The van der Waals surface area contributed by atoms with E-state index in [9.17, 15) is 4.79 Å². The summed E-state index contributed by atoms with van der Waals surface area (Å²) in [4.78, 5) is 17.5. The van der Waals surface area contributed by atoms with Crippen molar-refractivity contribution in [3.8, 4) is 28.6 Å². The van der Waals surface area contributed by atoms with Gasteiger partial charge < -0.3 is 14.0 Å². The van der Waals surface area contributed by atoms with Crippen LogP contribution in [0, 0.1) is 0 Å². The number of fused-ring (bicyclic) bond motifs is 1. The molecule has 0 bridgehead atoms. The molecule has 0 radical (unpaired) electrons. The van der Waals surface area contributed by atoms with Crippen LogP contribution in [0.15, 0.2) is 127 Å². The number of ether oxygens (including phenoxy) is 2. The Labute approximate surface area is 213 Å². The number of aromatic nitrogens is 4. The summed E-state index contributed by atoms with van der Waals surface area (Å²) in [5.74, 6) is 2.22. The molecule has 0 N–H and O–H groups in total. The Balaban J connectivity index is 1.11. The zero-order valence-electron chi connectivity index (χ0n) is 20.0. The van der Waals surface area contributed by atoms with E-state index in [1.807, 2.05) is 109 Å². The highest BCUT2D eigenvalue weighted by Gasteiger charge is 2.08. The molecular formula is C30H24N4O3. The Morgan fingerprint density at radius 3 is 1.95 bits per heavy atom. The average Bonchev–Trinajstić information content (AvgIpc) is 3.54. The molecule has 4 aromatic carbocycles. The van der Waals surface area contributed by atoms with Crippen LogP contribution in [0.3, 0.4) is 0 Å². The molecule has 0 amide bonds. The van der Waals surface area contributed by atoms with Gasteiger partial charge in [0.1, 0.15) is 23.9 Å². The number of hydrogen-bond acceptors (Lipinski definition) is 4. The fraction of sp³-hybridized carbons (Fsp3) is 0.0667.